The second-order valence-electron chi connectivity index (χ2n) is 10.8. The number of anilines is 1. The van der Waals surface area contributed by atoms with E-state index in [1.165, 1.54) is 18.6 Å². The molecule has 0 aliphatic heterocycles. The van der Waals surface area contributed by atoms with Crippen LogP contribution in [0.25, 0.3) is 34.3 Å². The SMILES string of the molecule is CC(C)c1ccnc(-c2nc3nc(-c4nn[nH]n4)nc(NC(C)C4CCC4)c3n2Cc2ccc(C(F)(F)F)cc2)c1. The normalized spacial score (nSPS) is 14.9. The lowest BCUT2D eigenvalue weighted by Crippen LogP contribution is -2.31. The number of imidazole rings is 1. The molecule has 0 bridgehead atoms. The van der Waals surface area contributed by atoms with Crippen molar-refractivity contribution in [3.63, 3.8) is 0 Å². The number of hydrogen-bond acceptors (Lipinski definition) is 8. The van der Waals surface area contributed by atoms with E-state index < -0.39 is 11.7 Å². The Hall–Kier alpha value is -4.42. The van der Waals surface area contributed by atoms with Gasteiger partial charge in [0.1, 0.15) is 11.2 Å². The first-order chi connectivity index (χ1) is 19.7. The van der Waals surface area contributed by atoms with Crippen LogP contribution >= 0.6 is 0 Å². The van der Waals surface area contributed by atoms with Crippen molar-refractivity contribution in [2.24, 2.45) is 5.92 Å². The van der Waals surface area contributed by atoms with Gasteiger partial charge in [-0.2, -0.15) is 18.4 Å². The summed E-state index contributed by atoms with van der Waals surface area (Å²) in [7, 11) is 0. The standard InChI is InChI=1S/C28H29F3N10/c1-15(2)19-11-12-32-21(13-19)27-36-24-22(41(27)14-17-7-9-20(10-8-17)28(29,30)31)23(33-16(3)18-5-4-6-18)34-25(35-24)26-37-39-40-38-26/h7-13,15-16,18H,4-6,14H2,1-3H3,(H,33,34,35)(H,37,38,39,40). The number of rotatable bonds is 8. The van der Waals surface area contributed by atoms with Gasteiger partial charge in [-0.25, -0.2) is 15.0 Å². The van der Waals surface area contributed by atoms with Crippen molar-refractivity contribution < 1.29 is 13.2 Å². The molecule has 5 aromatic rings. The lowest BCUT2D eigenvalue weighted by Gasteiger charge is -2.32. The van der Waals surface area contributed by atoms with Gasteiger partial charge in [0.15, 0.2) is 17.3 Å². The van der Waals surface area contributed by atoms with E-state index in [1.54, 1.807) is 6.20 Å². The maximum atomic E-state index is 13.3. The molecule has 1 atom stereocenters. The van der Waals surface area contributed by atoms with Crippen LogP contribution in [0.5, 0.6) is 0 Å². The van der Waals surface area contributed by atoms with E-state index in [4.69, 9.17) is 9.97 Å². The third-order valence-electron chi connectivity index (χ3n) is 7.67. The third kappa shape index (κ3) is 5.35. The summed E-state index contributed by atoms with van der Waals surface area (Å²) in [5, 5.41) is 17.8. The average molecular weight is 563 g/mol. The molecule has 1 unspecified atom stereocenters. The van der Waals surface area contributed by atoms with Crippen LogP contribution < -0.4 is 5.32 Å². The van der Waals surface area contributed by atoms with Crippen LogP contribution in [-0.4, -0.2) is 51.2 Å². The van der Waals surface area contributed by atoms with Gasteiger partial charge in [-0.3, -0.25) is 4.98 Å². The predicted molar refractivity (Wildman–Crippen MR) is 147 cm³/mol. The quantitative estimate of drug-likeness (QED) is 0.241. The minimum absolute atomic E-state index is 0.125. The van der Waals surface area contributed by atoms with Crippen LogP contribution in [0.2, 0.25) is 0 Å². The first-order valence-corrected chi connectivity index (χ1v) is 13.6. The highest BCUT2D eigenvalue weighted by molar-refractivity contribution is 5.88. The summed E-state index contributed by atoms with van der Waals surface area (Å²) >= 11 is 0. The topological polar surface area (TPSA) is 123 Å². The molecule has 1 fully saturated rings. The van der Waals surface area contributed by atoms with Crippen LogP contribution in [0.1, 0.15) is 62.6 Å². The molecular formula is C28H29F3N10. The zero-order valence-electron chi connectivity index (χ0n) is 22.8. The molecule has 0 radical (unpaired) electrons. The Morgan fingerprint density at radius 3 is 2.44 bits per heavy atom. The van der Waals surface area contributed by atoms with E-state index in [-0.39, 0.29) is 30.2 Å². The zero-order chi connectivity index (χ0) is 28.7. The average Bonchev–Trinajstić information content (AvgIpc) is 3.56. The highest BCUT2D eigenvalue weighted by atomic mass is 19.4. The number of benzene rings is 1. The molecule has 1 aliphatic carbocycles. The number of hydrogen-bond donors (Lipinski definition) is 2. The molecule has 6 rings (SSSR count). The lowest BCUT2D eigenvalue weighted by atomic mass is 9.80. The zero-order valence-corrected chi connectivity index (χ0v) is 22.8. The van der Waals surface area contributed by atoms with Crippen LogP contribution in [0, 0.1) is 5.92 Å². The van der Waals surface area contributed by atoms with Crippen molar-refractivity contribution in [2.45, 2.75) is 64.7 Å². The van der Waals surface area contributed by atoms with Crippen molar-refractivity contribution in [1.82, 2.24) is 45.1 Å². The number of halogens is 3. The van der Waals surface area contributed by atoms with Gasteiger partial charge in [-0.15, -0.1) is 10.2 Å². The molecule has 0 spiro atoms. The summed E-state index contributed by atoms with van der Waals surface area (Å²) < 4.78 is 41.7. The smallest absolute Gasteiger partial charge is 0.365 e. The van der Waals surface area contributed by atoms with Crippen LogP contribution in [0.3, 0.4) is 0 Å². The summed E-state index contributed by atoms with van der Waals surface area (Å²) in [5.74, 6) is 2.31. The number of pyridine rings is 1. The summed E-state index contributed by atoms with van der Waals surface area (Å²) in [6.45, 7) is 6.54. The number of tetrazole rings is 1. The fourth-order valence-electron chi connectivity index (χ4n) is 5.03. The second-order valence-corrected chi connectivity index (χ2v) is 10.8. The number of nitrogens with one attached hydrogen (secondary N) is 2. The third-order valence-corrected chi connectivity index (χ3v) is 7.67. The predicted octanol–water partition coefficient (Wildman–Crippen LogP) is 5.86. The molecule has 2 N–H and O–H groups in total. The number of alkyl halides is 3. The first kappa shape index (κ1) is 26.8. The van der Waals surface area contributed by atoms with E-state index in [0.717, 1.165) is 30.5 Å². The van der Waals surface area contributed by atoms with Gasteiger partial charge in [0.25, 0.3) is 0 Å². The van der Waals surface area contributed by atoms with Crippen molar-refractivity contribution in [3.8, 4) is 23.2 Å². The summed E-state index contributed by atoms with van der Waals surface area (Å²) in [5.41, 5.74) is 2.68. The number of H-pyrrole nitrogens is 1. The maximum absolute atomic E-state index is 13.3. The van der Waals surface area contributed by atoms with Gasteiger partial charge in [0.2, 0.25) is 11.6 Å². The van der Waals surface area contributed by atoms with Gasteiger partial charge < -0.3 is 9.88 Å². The maximum Gasteiger partial charge on any atom is 0.416 e. The van der Waals surface area contributed by atoms with Gasteiger partial charge in [-0.05, 0) is 72.2 Å². The van der Waals surface area contributed by atoms with Gasteiger partial charge in [-0.1, -0.05) is 32.4 Å². The first-order valence-electron chi connectivity index (χ1n) is 13.6. The van der Waals surface area contributed by atoms with E-state index >= 15 is 0 Å². The van der Waals surface area contributed by atoms with E-state index in [2.05, 4.69) is 56.7 Å². The fourth-order valence-corrected chi connectivity index (χ4v) is 5.03. The number of aromatic nitrogens is 9. The van der Waals surface area contributed by atoms with Crippen LogP contribution in [0.15, 0.2) is 42.6 Å². The molecule has 1 saturated carbocycles. The highest BCUT2D eigenvalue weighted by Gasteiger charge is 2.30. The van der Waals surface area contributed by atoms with Crippen molar-refractivity contribution in [1.29, 1.82) is 0 Å². The monoisotopic (exact) mass is 562 g/mol. The minimum Gasteiger partial charge on any atom is -0.365 e. The molecule has 0 amide bonds. The molecule has 4 aromatic heterocycles. The number of nitrogens with zero attached hydrogens (tertiary/aromatic N) is 8. The summed E-state index contributed by atoms with van der Waals surface area (Å²) in [6, 6.07) is 9.21. The van der Waals surface area contributed by atoms with Crippen molar-refractivity contribution in [3.05, 3.63) is 59.3 Å². The molecule has 13 heteroatoms. The molecular weight excluding hydrogens is 533 g/mol. The largest absolute Gasteiger partial charge is 0.416 e. The molecule has 1 aromatic carbocycles. The molecule has 41 heavy (non-hydrogen) atoms. The Bertz CT molecular complexity index is 1660. The highest BCUT2D eigenvalue weighted by Crippen LogP contribution is 2.35. The van der Waals surface area contributed by atoms with E-state index in [9.17, 15) is 13.2 Å². The summed E-state index contributed by atoms with van der Waals surface area (Å²) in [6.07, 6.45) is 0.767. The van der Waals surface area contributed by atoms with E-state index in [1.807, 2.05) is 16.7 Å². The molecule has 10 nitrogen and oxygen atoms in total. The summed E-state index contributed by atoms with van der Waals surface area (Å²) in [4.78, 5) is 19.0. The van der Waals surface area contributed by atoms with Gasteiger partial charge in [0.05, 0.1) is 5.56 Å². The number of aromatic amines is 1. The van der Waals surface area contributed by atoms with E-state index in [0.29, 0.717) is 40.0 Å². The van der Waals surface area contributed by atoms with Crippen molar-refractivity contribution in [2.75, 3.05) is 5.32 Å². The van der Waals surface area contributed by atoms with Crippen LogP contribution in [0.4, 0.5) is 19.0 Å². The second kappa shape index (κ2) is 10.5. The van der Waals surface area contributed by atoms with Crippen molar-refractivity contribution >= 4 is 17.0 Å². The van der Waals surface area contributed by atoms with Gasteiger partial charge in [0, 0.05) is 18.8 Å². The molecule has 0 saturated heterocycles. The Balaban J connectivity index is 1.54. The Labute approximate surface area is 233 Å². The molecule has 4 heterocycles. The Kier molecular flexibility index (Phi) is 6.88. The Morgan fingerprint density at radius 2 is 1.80 bits per heavy atom. The van der Waals surface area contributed by atoms with Crippen LogP contribution in [-0.2, 0) is 12.7 Å². The Morgan fingerprint density at radius 1 is 1.02 bits per heavy atom. The molecule has 212 valence electrons. The number of fused-ring (bicyclic) bond motifs is 1. The lowest BCUT2D eigenvalue weighted by molar-refractivity contribution is -0.137. The minimum atomic E-state index is -4.42. The molecule has 1 aliphatic rings. The van der Waals surface area contributed by atoms with Gasteiger partial charge >= 0.3 is 6.18 Å². The fraction of sp³-hybridized carbons (Fsp3) is 0.393.